The molecule has 0 amide bonds. The Kier molecular flexibility index (Phi) is 9.31. The predicted molar refractivity (Wildman–Crippen MR) is 115 cm³/mol. The van der Waals surface area contributed by atoms with E-state index in [-0.39, 0.29) is 30.5 Å². The molecular formula is C23H34ClNO2. The molecule has 3 nitrogen and oxygen atoms in total. The first-order chi connectivity index (χ1) is 12.3. The molecule has 0 saturated heterocycles. The third-order valence-electron chi connectivity index (χ3n) is 4.35. The van der Waals surface area contributed by atoms with Gasteiger partial charge in [0.15, 0.2) is 6.29 Å². The van der Waals surface area contributed by atoms with Crippen LogP contribution in [-0.2, 0) is 16.7 Å². The molecule has 2 aromatic rings. The molecule has 0 saturated carbocycles. The van der Waals surface area contributed by atoms with E-state index in [0.717, 1.165) is 12.2 Å². The number of ether oxygens (including phenoxy) is 2. The highest BCUT2D eigenvalue weighted by atomic mass is 35.5. The van der Waals surface area contributed by atoms with Crippen LogP contribution in [0.15, 0.2) is 54.6 Å². The van der Waals surface area contributed by atoms with Gasteiger partial charge in [0.05, 0.1) is 0 Å². The van der Waals surface area contributed by atoms with Gasteiger partial charge in [0.25, 0.3) is 0 Å². The topological polar surface area (TPSA) is 30.5 Å². The van der Waals surface area contributed by atoms with E-state index >= 15 is 0 Å². The molecule has 0 radical (unpaired) electrons. The Balaban J connectivity index is 0.00000364. The zero-order chi connectivity index (χ0) is 19.2. The SMILES string of the molecule is CC(C)Cc1ccccc1OC(C)OC(C)NC(C)(C)c1ccccc1.Cl. The van der Waals surface area contributed by atoms with Crippen molar-refractivity contribution < 1.29 is 9.47 Å². The van der Waals surface area contributed by atoms with E-state index in [1.807, 2.05) is 32.0 Å². The lowest BCUT2D eigenvalue weighted by Crippen LogP contribution is -2.45. The summed E-state index contributed by atoms with van der Waals surface area (Å²) in [5.74, 6) is 1.49. The van der Waals surface area contributed by atoms with Crippen molar-refractivity contribution in [3.63, 3.8) is 0 Å². The van der Waals surface area contributed by atoms with Crippen LogP contribution >= 0.6 is 12.4 Å². The molecule has 27 heavy (non-hydrogen) atoms. The van der Waals surface area contributed by atoms with Gasteiger partial charge in [-0.3, -0.25) is 5.32 Å². The molecule has 0 spiro atoms. The zero-order valence-corrected chi connectivity index (χ0v) is 18.2. The van der Waals surface area contributed by atoms with Crippen LogP contribution in [0.25, 0.3) is 0 Å². The van der Waals surface area contributed by atoms with Gasteiger partial charge in [-0.25, -0.2) is 0 Å². The highest BCUT2D eigenvalue weighted by molar-refractivity contribution is 5.85. The lowest BCUT2D eigenvalue weighted by Gasteiger charge is -2.32. The van der Waals surface area contributed by atoms with Crippen molar-refractivity contribution in [3.8, 4) is 5.75 Å². The summed E-state index contributed by atoms with van der Waals surface area (Å²) in [6.45, 7) is 12.7. The summed E-state index contributed by atoms with van der Waals surface area (Å²) >= 11 is 0. The standard InChI is InChI=1S/C23H33NO2.ClH/c1-17(2)16-20-12-10-11-15-22(20)26-19(4)25-18(3)24-23(5,6)21-13-8-7-9-14-21;/h7-15,17-19,24H,16H2,1-6H3;1H. The van der Waals surface area contributed by atoms with Crippen molar-refractivity contribution >= 4 is 12.4 Å². The predicted octanol–water partition coefficient (Wildman–Crippen LogP) is 5.92. The van der Waals surface area contributed by atoms with Gasteiger partial charge in [0, 0.05) is 5.54 Å². The summed E-state index contributed by atoms with van der Waals surface area (Å²) < 4.78 is 12.1. The quantitative estimate of drug-likeness (QED) is 0.538. The number of halogens is 1. The van der Waals surface area contributed by atoms with Crippen LogP contribution < -0.4 is 10.1 Å². The Morgan fingerprint density at radius 3 is 2.11 bits per heavy atom. The summed E-state index contributed by atoms with van der Waals surface area (Å²) in [7, 11) is 0. The zero-order valence-electron chi connectivity index (χ0n) is 17.4. The molecule has 2 unspecified atom stereocenters. The number of rotatable bonds is 9. The van der Waals surface area contributed by atoms with Crippen molar-refractivity contribution in [2.45, 2.75) is 66.0 Å². The fraction of sp³-hybridized carbons (Fsp3) is 0.478. The number of nitrogens with one attached hydrogen (secondary N) is 1. The maximum atomic E-state index is 6.08. The Bertz CT molecular complexity index is 673. The first-order valence-electron chi connectivity index (χ1n) is 9.51. The van der Waals surface area contributed by atoms with Crippen LogP contribution in [-0.4, -0.2) is 12.5 Å². The Hall–Kier alpha value is -1.55. The van der Waals surface area contributed by atoms with Gasteiger partial charge in [-0.05, 0) is 57.2 Å². The second-order valence-electron chi connectivity index (χ2n) is 7.80. The maximum Gasteiger partial charge on any atom is 0.198 e. The Morgan fingerprint density at radius 1 is 0.889 bits per heavy atom. The third-order valence-corrected chi connectivity index (χ3v) is 4.35. The largest absolute Gasteiger partial charge is 0.465 e. The van der Waals surface area contributed by atoms with E-state index in [1.54, 1.807) is 0 Å². The van der Waals surface area contributed by atoms with Crippen molar-refractivity contribution in [2.75, 3.05) is 0 Å². The molecular weight excluding hydrogens is 358 g/mol. The molecule has 0 heterocycles. The second kappa shape index (κ2) is 10.7. The minimum Gasteiger partial charge on any atom is -0.465 e. The molecule has 2 rings (SSSR count). The molecule has 0 bridgehead atoms. The number of benzene rings is 2. The summed E-state index contributed by atoms with van der Waals surface area (Å²) in [5, 5.41) is 3.53. The Labute approximate surface area is 170 Å². The minimum absolute atomic E-state index is 0. The lowest BCUT2D eigenvalue weighted by molar-refractivity contribution is -0.119. The summed E-state index contributed by atoms with van der Waals surface area (Å²) in [6, 6.07) is 18.6. The fourth-order valence-electron chi connectivity index (χ4n) is 3.20. The third kappa shape index (κ3) is 7.53. The minimum atomic E-state index is -0.336. The molecule has 0 aliphatic heterocycles. The summed E-state index contributed by atoms with van der Waals surface area (Å²) in [5.41, 5.74) is 2.27. The monoisotopic (exact) mass is 391 g/mol. The fourth-order valence-corrected chi connectivity index (χ4v) is 3.20. The van der Waals surface area contributed by atoms with Gasteiger partial charge in [-0.15, -0.1) is 12.4 Å². The van der Waals surface area contributed by atoms with Gasteiger partial charge < -0.3 is 9.47 Å². The van der Waals surface area contributed by atoms with Gasteiger partial charge in [-0.2, -0.15) is 0 Å². The summed E-state index contributed by atoms with van der Waals surface area (Å²) in [6.07, 6.45) is 0.521. The van der Waals surface area contributed by atoms with E-state index in [0.29, 0.717) is 5.92 Å². The van der Waals surface area contributed by atoms with Crippen molar-refractivity contribution in [1.82, 2.24) is 5.32 Å². The highest BCUT2D eigenvalue weighted by Gasteiger charge is 2.23. The molecule has 150 valence electrons. The number of para-hydroxylation sites is 1. The number of hydrogen-bond donors (Lipinski definition) is 1. The highest BCUT2D eigenvalue weighted by Crippen LogP contribution is 2.24. The van der Waals surface area contributed by atoms with Gasteiger partial charge in [-0.1, -0.05) is 62.4 Å². The van der Waals surface area contributed by atoms with Gasteiger partial charge in [0.2, 0.25) is 0 Å². The molecule has 4 heteroatoms. The Morgan fingerprint density at radius 2 is 1.48 bits per heavy atom. The van der Waals surface area contributed by atoms with Crippen LogP contribution in [0.2, 0.25) is 0 Å². The molecule has 2 atom stereocenters. The van der Waals surface area contributed by atoms with Crippen molar-refractivity contribution in [3.05, 3.63) is 65.7 Å². The van der Waals surface area contributed by atoms with Gasteiger partial charge >= 0.3 is 0 Å². The second-order valence-corrected chi connectivity index (χ2v) is 7.80. The first-order valence-corrected chi connectivity index (χ1v) is 9.51. The molecule has 1 N–H and O–H groups in total. The molecule has 0 aromatic heterocycles. The van der Waals surface area contributed by atoms with Crippen LogP contribution in [0.1, 0.15) is 52.7 Å². The molecule has 2 aromatic carbocycles. The van der Waals surface area contributed by atoms with Crippen LogP contribution in [0.5, 0.6) is 5.75 Å². The average Bonchev–Trinajstić information content (AvgIpc) is 2.56. The maximum absolute atomic E-state index is 6.08. The molecule has 0 aliphatic rings. The van der Waals surface area contributed by atoms with E-state index in [2.05, 4.69) is 69.4 Å². The van der Waals surface area contributed by atoms with E-state index in [9.17, 15) is 0 Å². The smallest absolute Gasteiger partial charge is 0.198 e. The van der Waals surface area contributed by atoms with E-state index < -0.39 is 0 Å². The van der Waals surface area contributed by atoms with Crippen LogP contribution in [0.4, 0.5) is 0 Å². The summed E-state index contributed by atoms with van der Waals surface area (Å²) in [4.78, 5) is 0. The van der Waals surface area contributed by atoms with Crippen molar-refractivity contribution in [2.24, 2.45) is 5.92 Å². The van der Waals surface area contributed by atoms with E-state index in [4.69, 9.17) is 9.47 Å². The van der Waals surface area contributed by atoms with E-state index in [1.165, 1.54) is 11.1 Å². The van der Waals surface area contributed by atoms with Crippen LogP contribution in [0.3, 0.4) is 0 Å². The normalized spacial score (nSPS) is 13.7. The first kappa shape index (κ1) is 23.5. The molecule has 0 fully saturated rings. The van der Waals surface area contributed by atoms with Crippen LogP contribution in [0, 0.1) is 5.92 Å². The number of hydrogen-bond acceptors (Lipinski definition) is 3. The lowest BCUT2D eigenvalue weighted by atomic mass is 9.94. The van der Waals surface area contributed by atoms with Gasteiger partial charge in [0.1, 0.15) is 12.0 Å². The molecule has 0 aliphatic carbocycles. The van der Waals surface area contributed by atoms with Crippen molar-refractivity contribution in [1.29, 1.82) is 0 Å². The average molecular weight is 392 g/mol.